The zero-order valence-corrected chi connectivity index (χ0v) is 23.0. The lowest BCUT2D eigenvalue weighted by Gasteiger charge is -2.20. The van der Waals surface area contributed by atoms with Crippen molar-refractivity contribution in [1.82, 2.24) is 25.2 Å². The van der Waals surface area contributed by atoms with Crippen LogP contribution in [0.25, 0.3) is 0 Å². The lowest BCUT2D eigenvalue weighted by molar-refractivity contribution is -0.137. The first-order valence-corrected chi connectivity index (χ1v) is 14.3. The summed E-state index contributed by atoms with van der Waals surface area (Å²) in [5, 5.41) is 17.8. The monoisotopic (exact) mass is 594 g/mol. The van der Waals surface area contributed by atoms with E-state index in [9.17, 15) is 31.5 Å². The molecule has 0 saturated carbocycles. The van der Waals surface area contributed by atoms with E-state index in [-0.39, 0.29) is 24.2 Å². The first-order valence-electron chi connectivity index (χ1n) is 12.4. The fourth-order valence-electron chi connectivity index (χ4n) is 4.05. The molecule has 1 saturated heterocycles. The third-order valence-corrected chi connectivity index (χ3v) is 7.49. The van der Waals surface area contributed by atoms with Crippen LogP contribution >= 0.6 is 0 Å². The Morgan fingerprint density at radius 2 is 1.93 bits per heavy atom. The Morgan fingerprint density at radius 3 is 2.56 bits per heavy atom. The van der Waals surface area contributed by atoms with Gasteiger partial charge in [0.15, 0.2) is 0 Å². The van der Waals surface area contributed by atoms with Crippen molar-refractivity contribution in [3.05, 3.63) is 65.5 Å². The molecule has 220 valence electrons. The average Bonchev–Trinajstić information content (AvgIpc) is 3.34. The fourth-order valence-corrected chi connectivity index (χ4v) is 4.53. The number of likely N-dealkylation sites (tertiary alicyclic amines) is 1. The van der Waals surface area contributed by atoms with Crippen molar-refractivity contribution >= 4 is 39.2 Å². The summed E-state index contributed by atoms with van der Waals surface area (Å²) >= 11 is 0. The van der Waals surface area contributed by atoms with Crippen molar-refractivity contribution < 1.29 is 31.5 Å². The van der Waals surface area contributed by atoms with Crippen molar-refractivity contribution in [1.29, 1.82) is 0 Å². The van der Waals surface area contributed by atoms with Gasteiger partial charge in [-0.1, -0.05) is 6.07 Å². The molecule has 0 radical (unpaired) electrons. The SMILES string of the molecule is CN(c1ncccc1CNc1nc(Nc2ccc(C(=O)NCN3CC[C@@H](O)C3)cc2)ncc1C(F)(F)F)S(C)(=O)=O. The van der Waals surface area contributed by atoms with Crippen molar-refractivity contribution in [3.63, 3.8) is 0 Å². The number of pyridine rings is 1. The highest BCUT2D eigenvalue weighted by Gasteiger charge is 2.35. The number of alkyl halides is 3. The molecule has 2 aromatic heterocycles. The molecule has 3 heterocycles. The first kappa shape index (κ1) is 30.0. The summed E-state index contributed by atoms with van der Waals surface area (Å²) in [6.45, 7) is 1.28. The zero-order valence-electron chi connectivity index (χ0n) is 22.2. The van der Waals surface area contributed by atoms with Gasteiger partial charge in [0.1, 0.15) is 17.2 Å². The second kappa shape index (κ2) is 12.2. The fraction of sp³-hybridized carbons (Fsp3) is 0.360. The number of rotatable bonds is 10. The lowest BCUT2D eigenvalue weighted by atomic mass is 10.2. The maximum Gasteiger partial charge on any atom is 0.421 e. The molecule has 16 heteroatoms. The minimum absolute atomic E-state index is 0.0608. The standard InChI is InChI=1S/C25H29F3N8O4S/c1-35(41(2,39)40)22-17(4-3-10-29-22)12-30-21-20(25(26,27)28)13-31-24(34-21)33-18-7-5-16(6-8-18)23(38)32-15-36-11-9-19(37)14-36/h3-8,10,13,19,37H,9,11-12,14-15H2,1-2H3,(H,32,38)(H2,30,31,33,34)/t19-/m1/s1. The lowest BCUT2D eigenvalue weighted by Crippen LogP contribution is -2.36. The number of sulfonamides is 1. The van der Waals surface area contributed by atoms with Gasteiger partial charge in [0.05, 0.1) is 19.0 Å². The maximum absolute atomic E-state index is 13.7. The number of benzene rings is 1. The Hall–Kier alpha value is -4.02. The highest BCUT2D eigenvalue weighted by molar-refractivity contribution is 7.92. The van der Waals surface area contributed by atoms with E-state index in [1.807, 2.05) is 4.90 Å². The number of hydrogen-bond donors (Lipinski definition) is 4. The number of halogens is 3. The molecule has 0 bridgehead atoms. The minimum atomic E-state index is -4.76. The third kappa shape index (κ3) is 7.80. The van der Waals surface area contributed by atoms with Crippen LogP contribution in [0.3, 0.4) is 0 Å². The van der Waals surface area contributed by atoms with E-state index >= 15 is 0 Å². The summed E-state index contributed by atoms with van der Waals surface area (Å²) in [5.41, 5.74) is 0.0236. The van der Waals surface area contributed by atoms with Gasteiger partial charge in [-0.25, -0.2) is 18.4 Å². The quantitative estimate of drug-likeness (QED) is 0.275. The van der Waals surface area contributed by atoms with E-state index in [0.717, 1.165) is 10.6 Å². The van der Waals surface area contributed by atoms with Crippen molar-refractivity contribution in [2.24, 2.45) is 0 Å². The Kier molecular flexibility index (Phi) is 8.94. The second-order valence-electron chi connectivity index (χ2n) is 9.41. The van der Waals surface area contributed by atoms with Gasteiger partial charge in [-0.15, -0.1) is 0 Å². The molecule has 4 N–H and O–H groups in total. The van der Waals surface area contributed by atoms with Gasteiger partial charge in [0.2, 0.25) is 16.0 Å². The van der Waals surface area contributed by atoms with Gasteiger partial charge in [0, 0.05) is 55.9 Å². The largest absolute Gasteiger partial charge is 0.421 e. The van der Waals surface area contributed by atoms with E-state index in [0.29, 0.717) is 49.2 Å². The number of nitrogens with one attached hydrogen (secondary N) is 3. The minimum Gasteiger partial charge on any atom is -0.392 e. The van der Waals surface area contributed by atoms with Crippen molar-refractivity contribution in [2.75, 3.05) is 48.0 Å². The van der Waals surface area contributed by atoms with E-state index in [2.05, 4.69) is 30.9 Å². The van der Waals surface area contributed by atoms with Crippen molar-refractivity contribution in [3.8, 4) is 0 Å². The predicted octanol–water partition coefficient (Wildman–Crippen LogP) is 2.40. The van der Waals surface area contributed by atoms with E-state index in [4.69, 9.17) is 0 Å². The number of nitrogens with zero attached hydrogens (tertiary/aromatic N) is 5. The molecule has 3 aromatic rings. The maximum atomic E-state index is 13.7. The summed E-state index contributed by atoms with van der Waals surface area (Å²) < 4.78 is 66.0. The Bertz CT molecular complexity index is 1490. The molecule has 1 fully saturated rings. The number of β-amino-alcohol motifs (C(OH)–C–C–N with tert-alkyl or cyclic N) is 1. The smallest absolute Gasteiger partial charge is 0.392 e. The molecule has 1 aromatic carbocycles. The van der Waals surface area contributed by atoms with Crippen LogP contribution < -0.4 is 20.3 Å². The normalized spacial score (nSPS) is 15.9. The number of hydrogen-bond acceptors (Lipinski definition) is 10. The third-order valence-electron chi connectivity index (χ3n) is 6.32. The summed E-state index contributed by atoms with van der Waals surface area (Å²) in [5.74, 6) is -0.906. The molecule has 0 spiro atoms. The molecular weight excluding hydrogens is 565 g/mol. The highest BCUT2D eigenvalue weighted by atomic mass is 32.2. The first-order chi connectivity index (χ1) is 19.3. The topological polar surface area (TPSA) is 153 Å². The molecule has 12 nitrogen and oxygen atoms in total. The summed E-state index contributed by atoms with van der Waals surface area (Å²) in [7, 11) is -2.37. The number of aliphatic hydroxyl groups is 1. The van der Waals surface area contributed by atoms with E-state index in [1.165, 1.54) is 25.4 Å². The summed E-state index contributed by atoms with van der Waals surface area (Å²) in [6, 6.07) is 9.28. The molecular formula is C25H29F3N8O4S. The summed E-state index contributed by atoms with van der Waals surface area (Å²) in [4.78, 5) is 26.2. The van der Waals surface area contributed by atoms with Crippen LogP contribution in [0.5, 0.6) is 0 Å². The van der Waals surface area contributed by atoms with Gasteiger partial charge in [-0.3, -0.25) is 14.0 Å². The molecule has 1 atom stereocenters. The average molecular weight is 595 g/mol. The molecule has 1 aliphatic heterocycles. The van der Waals surface area contributed by atoms with E-state index in [1.54, 1.807) is 24.3 Å². The second-order valence-corrected chi connectivity index (χ2v) is 11.4. The molecule has 0 aliphatic carbocycles. The van der Waals surface area contributed by atoms with Crippen LogP contribution in [-0.4, -0.2) is 78.4 Å². The van der Waals surface area contributed by atoms with Crippen molar-refractivity contribution in [2.45, 2.75) is 25.2 Å². The van der Waals surface area contributed by atoms with Gasteiger partial charge in [-0.05, 0) is 36.8 Å². The van der Waals surface area contributed by atoms with Crippen LogP contribution in [-0.2, 0) is 22.7 Å². The van der Waals surface area contributed by atoms with Gasteiger partial charge < -0.3 is 21.1 Å². The van der Waals surface area contributed by atoms with Gasteiger partial charge in [0.25, 0.3) is 5.91 Å². The number of anilines is 4. The molecule has 1 aliphatic rings. The van der Waals surface area contributed by atoms with Crippen LogP contribution in [0.15, 0.2) is 48.8 Å². The number of aromatic nitrogens is 3. The number of amides is 1. The Balaban J connectivity index is 1.47. The predicted molar refractivity (Wildman–Crippen MR) is 146 cm³/mol. The molecule has 1 amide bonds. The van der Waals surface area contributed by atoms with Gasteiger partial charge in [-0.2, -0.15) is 18.2 Å². The number of aliphatic hydroxyl groups excluding tert-OH is 1. The molecule has 41 heavy (non-hydrogen) atoms. The Labute approximate surface area is 234 Å². The van der Waals surface area contributed by atoms with Gasteiger partial charge >= 0.3 is 6.18 Å². The summed E-state index contributed by atoms with van der Waals surface area (Å²) in [6.07, 6.45) is -1.49. The highest BCUT2D eigenvalue weighted by Crippen LogP contribution is 2.34. The van der Waals surface area contributed by atoms with Crippen LogP contribution in [0, 0.1) is 0 Å². The number of carbonyl (C=O) groups is 1. The zero-order chi connectivity index (χ0) is 29.8. The Morgan fingerprint density at radius 1 is 1.20 bits per heavy atom. The van der Waals surface area contributed by atoms with Crippen LogP contribution in [0.2, 0.25) is 0 Å². The van der Waals surface area contributed by atoms with Crippen LogP contribution in [0.1, 0.15) is 27.9 Å². The molecule has 4 rings (SSSR count). The molecule has 0 unspecified atom stereocenters. The number of carbonyl (C=O) groups excluding carboxylic acids is 1. The van der Waals surface area contributed by atoms with E-state index < -0.39 is 33.7 Å². The van der Waals surface area contributed by atoms with Crippen LogP contribution in [0.4, 0.5) is 36.4 Å².